The lowest BCUT2D eigenvalue weighted by Gasteiger charge is -2.29. The second kappa shape index (κ2) is 5.59. The zero-order chi connectivity index (χ0) is 11.4. The van der Waals surface area contributed by atoms with Gasteiger partial charge in [0.1, 0.15) is 5.15 Å². The second-order valence-electron chi connectivity index (χ2n) is 4.01. The first-order valence-corrected chi connectivity index (χ1v) is 5.84. The summed E-state index contributed by atoms with van der Waals surface area (Å²) in [5, 5.41) is 0.506. The second-order valence-corrected chi connectivity index (χ2v) is 4.40. The highest BCUT2D eigenvalue weighted by atomic mass is 35.5. The highest BCUT2D eigenvalue weighted by molar-refractivity contribution is 6.29. The van der Waals surface area contributed by atoms with Crippen LogP contribution in [-0.4, -0.2) is 18.2 Å². The number of pyridine rings is 1. The SMILES string of the molecule is NNC(c1ccc(Cl)nc1)C1CCOCC1. The van der Waals surface area contributed by atoms with Crippen molar-refractivity contribution in [3.63, 3.8) is 0 Å². The maximum atomic E-state index is 5.76. The van der Waals surface area contributed by atoms with Crippen molar-refractivity contribution in [2.24, 2.45) is 11.8 Å². The Morgan fingerprint density at radius 2 is 2.19 bits per heavy atom. The lowest BCUT2D eigenvalue weighted by atomic mass is 9.88. The lowest BCUT2D eigenvalue weighted by molar-refractivity contribution is 0.0536. The molecular formula is C11H16ClN3O. The van der Waals surface area contributed by atoms with Crippen LogP contribution in [0.5, 0.6) is 0 Å². The molecule has 1 aromatic rings. The molecule has 4 nitrogen and oxygen atoms in total. The van der Waals surface area contributed by atoms with E-state index < -0.39 is 0 Å². The van der Waals surface area contributed by atoms with Crippen LogP contribution >= 0.6 is 11.6 Å². The van der Waals surface area contributed by atoms with Gasteiger partial charge >= 0.3 is 0 Å². The molecule has 1 atom stereocenters. The molecule has 1 unspecified atom stereocenters. The monoisotopic (exact) mass is 241 g/mol. The van der Waals surface area contributed by atoms with Gasteiger partial charge in [-0.15, -0.1) is 0 Å². The first-order valence-electron chi connectivity index (χ1n) is 5.46. The number of hydrazine groups is 1. The molecule has 5 heteroatoms. The maximum absolute atomic E-state index is 5.76. The zero-order valence-corrected chi connectivity index (χ0v) is 9.78. The van der Waals surface area contributed by atoms with E-state index in [0.717, 1.165) is 31.6 Å². The van der Waals surface area contributed by atoms with E-state index >= 15 is 0 Å². The minimum absolute atomic E-state index is 0.133. The van der Waals surface area contributed by atoms with Gasteiger partial charge in [-0.2, -0.15) is 0 Å². The van der Waals surface area contributed by atoms with Gasteiger partial charge in [0.2, 0.25) is 0 Å². The van der Waals surface area contributed by atoms with E-state index in [1.54, 1.807) is 12.3 Å². The Morgan fingerprint density at radius 3 is 2.75 bits per heavy atom. The summed E-state index contributed by atoms with van der Waals surface area (Å²) >= 11 is 5.76. The van der Waals surface area contributed by atoms with Crippen molar-refractivity contribution < 1.29 is 4.74 Å². The van der Waals surface area contributed by atoms with Crippen molar-refractivity contribution in [3.8, 4) is 0 Å². The van der Waals surface area contributed by atoms with Crippen LogP contribution in [-0.2, 0) is 4.74 Å². The molecule has 1 aliphatic heterocycles. The van der Waals surface area contributed by atoms with Gasteiger partial charge in [-0.05, 0) is 30.4 Å². The predicted octanol–water partition coefficient (Wildman–Crippen LogP) is 1.67. The van der Waals surface area contributed by atoms with Gasteiger partial charge in [0.25, 0.3) is 0 Å². The lowest BCUT2D eigenvalue weighted by Crippen LogP contribution is -2.36. The molecule has 0 saturated carbocycles. The third kappa shape index (κ3) is 2.71. The molecular weight excluding hydrogens is 226 g/mol. The molecule has 88 valence electrons. The topological polar surface area (TPSA) is 60.2 Å². The molecule has 0 aliphatic carbocycles. The number of hydrogen-bond donors (Lipinski definition) is 2. The molecule has 1 aromatic heterocycles. The van der Waals surface area contributed by atoms with Crippen LogP contribution in [0, 0.1) is 5.92 Å². The summed E-state index contributed by atoms with van der Waals surface area (Å²) in [6, 6.07) is 3.89. The fraction of sp³-hybridized carbons (Fsp3) is 0.545. The fourth-order valence-corrected chi connectivity index (χ4v) is 2.24. The number of nitrogens with one attached hydrogen (secondary N) is 1. The molecule has 2 rings (SSSR count). The quantitative estimate of drug-likeness (QED) is 0.480. The van der Waals surface area contributed by atoms with Gasteiger partial charge in [-0.1, -0.05) is 17.7 Å². The van der Waals surface area contributed by atoms with Crippen LogP contribution in [0.4, 0.5) is 0 Å². The third-order valence-electron chi connectivity index (χ3n) is 3.03. The molecule has 0 spiro atoms. The van der Waals surface area contributed by atoms with E-state index in [1.165, 1.54) is 0 Å². The minimum atomic E-state index is 0.133. The number of nitrogens with two attached hydrogens (primary N) is 1. The van der Waals surface area contributed by atoms with E-state index in [0.29, 0.717) is 11.1 Å². The summed E-state index contributed by atoms with van der Waals surface area (Å²) in [6.45, 7) is 1.62. The highest BCUT2D eigenvalue weighted by Gasteiger charge is 2.24. The molecule has 1 aliphatic rings. The molecule has 0 amide bonds. The van der Waals surface area contributed by atoms with E-state index in [9.17, 15) is 0 Å². The molecule has 16 heavy (non-hydrogen) atoms. The van der Waals surface area contributed by atoms with Crippen LogP contribution in [0.1, 0.15) is 24.4 Å². The molecule has 0 radical (unpaired) electrons. The van der Waals surface area contributed by atoms with Gasteiger partial charge in [0.15, 0.2) is 0 Å². The maximum Gasteiger partial charge on any atom is 0.129 e. The number of nitrogens with zero attached hydrogens (tertiary/aromatic N) is 1. The van der Waals surface area contributed by atoms with Crippen LogP contribution in [0.25, 0.3) is 0 Å². The fourth-order valence-electron chi connectivity index (χ4n) is 2.12. The molecule has 0 aromatic carbocycles. The summed E-state index contributed by atoms with van der Waals surface area (Å²) in [6.07, 6.45) is 3.83. The smallest absolute Gasteiger partial charge is 0.129 e. The molecule has 3 N–H and O–H groups in total. The molecule has 1 fully saturated rings. The Hall–Kier alpha value is -0.680. The van der Waals surface area contributed by atoms with Gasteiger partial charge < -0.3 is 4.74 Å². The van der Waals surface area contributed by atoms with Crippen LogP contribution < -0.4 is 11.3 Å². The Balaban J connectivity index is 2.11. The summed E-state index contributed by atoms with van der Waals surface area (Å²) < 4.78 is 5.34. The first-order chi connectivity index (χ1) is 7.81. The standard InChI is InChI=1S/C11H16ClN3O/c12-10-2-1-9(7-14-10)11(15-13)8-3-5-16-6-4-8/h1-2,7-8,11,15H,3-6,13H2. The number of rotatable bonds is 3. The van der Waals surface area contributed by atoms with Gasteiger partial charge in [-0.3, -0.25) is 11.3 Å². The van der Waals surface area contributed by atoms with Crippen molar-refractivity contribution in [1.29, 1.82) is 0 Å². The summed E-state index contributed by atoms with van der Waals surface area (Å²) in [4.78, 5) is 4.08. The minimum Gasteiger partial charge on any atom is -0.381 e. The van der Waals surface area contributed by atoms with Crippen LogP contribution in [0.2, 0.25) is 5.15 Å². The van der Waals surface area contributed by atoms with Gasteiger partial charge in [0, 0.05) is 19.4 Å². The van der Waals surface area contributed by atoms with E-state index in [4.69, 9.17) is 22.2 Å². The average Bonchev–Trinajstić information content (AvgIpc) is 2.34. The van der Waals surface area contributed by atoms with Gasteiger partial charge in [0.05, 0.1) is 6.04 Å². The van der Waals surface area contributed by atoms with Crippen molar-refractivity contribution in [2.45, 2.75) is 18.9 Å². The molecule has 2 heterocycles. The first kappa shape index (κ1) is 11.8. The van der Waals surface area contributed by atoms with Crippen molar-refractivity contribution in [2.75, 3.05) is 13.2 Å². The van der Waals surface area contributed by atoms with E-state index in [1.807, 2.05) is 6.07 Å². The van der Waals surface area contributed by atoms with Crippen LogP contribution in [0.3, 0.4) is 0 Å². The number of ether oxygens (including phenoxy) is 1. The van der Waals surface area contributed by atoms with Crippen molar-refractivity contribution in [1.82, 2.24) is 10.4 Å². The molecule has 0 bridgehead atoms. The Bertz CT molecular complexity index is 325. The summed E-state index contributed by atoms with van der Waals surface area (Å²) in [5.41, 5.74) is 3.95. The zero-order valence-electron chi connectivity index (χ0n) is 9.03. The summed E-state index contributed by atoms with van der Waals surface area (Å²) in [7, 11) is 0. The van der Waals surface area contributed by atoms with E-state index in [-0.39, 0.29) is 6.04 Å². The number of aromatic nitrogens is 1. The average molecular weight is 242 g/mol. The summed E-state index contributed by atoms with van der Waals surface area (Å²) in [5.74, 6) is 6.12. The van der Waals surface area contributed by atoms with Crippen molar-refractivity contribution in [3.05, 3.63) is 29.0 Å². The highest BCUT2D eigenvalue weighted by Crippen LogP contribution is 2.29. The van der Waals surface area contributed by atoms with Crippen LogP contribution in [0.15, 0.2) is 18.3 Å². The Morgan fingerprint density at radius 1 is 1.44 bits per heavy atom. The van der Waals surface area contributed by atoms with Gasteiger partial charge in [-0.25, -0.2) is 4.98 Å². The van der Waals surface area contributed by atoms with E-state index in [2.05, 4.69) is 10.4 Å². The van der Waals surface area contributed by atoms with Crippen molar-refractivity contribution >= 4 is 11.6 Å². The predicted molar refractivity (Wildman–Crippen MR) is 62.9 cm³/mol. The molecule has 1 saturated heterocycles. The Labute approximate surface area is 100 Å². The Kier molecular flexibility index (Phi) is 4.12. The third-order valence-corrected chi connectivity index (χ3v) is 3.25. The largest absolute Gasteiger partial charge is 0.381 e. The number of halogens is 1. The normalized spacial score (nSPS) is 19.6. The number of hydrogen-bond acceptors (Lipinski definition) is 4.